The molecule has 36 heavy (non-hydrogen) atoms. The Bertz CT molecular complexity index is 1480. The van der Waals surface area contributed by atoms with Gasteiger partial charge in [-0.05, 0) is 69.4 Å². The van der Waals surface area contributed by atoms with Crippen molar-refractivity contribution in [3.63, 3.8) is 0 Å². The zero-order valence-electron chi connectivity index (χ0n) is 18.6. The molecule has 0 aliphatic carbocycles. The molecule has 16 heteroatoms. The van der Waals surface area contributed by atoms with E-state index in [9.17, 15) is 26.2 Å². The van der Waals surface area contributed by atoms with Gasteiger partial charge in [0.25, 0.3) is 5.91 Å². The van der Waals surface area contributed by atoms with Gasteiger partial charge < -0.3 is 4.55 Å². The summed E-state index contributed by atoms with van der Waals surface area (Å²) in [6.07, 6.45) is 5.57. The topological polar surface area (TPSA) is 123 Å². The van der Waals surface area contributed by atoms with Crippen LogP contribution in [0.15, 0.2) is 44.1 Å². The monoisotopic (exact) mass is 672 g/mol. The van der Waals surface area contributed by atoms with Crippen molar-refractivity contribution in [2.75, 3.05) is 19.3 Å². The van der Waals surface area contributed by atoms with Crippen molar-refractivity contribution in [2.45, 2.75) is 33.7 Å². The van der Waals surface area contributed by atoms with Crippen molar-refractivity contribution in [1.29, 1.82) is 0 Å². The number of hydrogen-bond acceptors (Lipinski definition) is 9. The number of carbonyl (C=O) groups excluding carboxylic acids is 1. The van der Waals surface area contributed by atoms with Crippen LogP contribution in [0.25, 0.3) is 0 Å². The van der Waals surface area contributed by atoms with Gasteiger partial charge in [-0.15, -0.1) is 0 Å². The molecule has 1 spiro atoms. The third kappa shape index (κ3) is 4.95. The lowest BCUT2D eigenvalue weighted by atomic mass is 10.2. The Kier molecular flexibility index (Phi) is 7.21. The number of hydrogen-bond donors (Lipinski definition) is 1. The van der Waals surface area contributed by atoms with Gasteiger partial charge in [0.2, 0.25) is 27.0 Å². The molecule has 1 amide bonds. The van der Waals surface area contributed by atoms with Crippen LogP contribution >= 0.6 is 62.8 Å². The summed E-state index contributed by atoms with van der Waals surface area (Å²) < 4.78 is 65.1. The Labute approximate surface area is 235 Å². The van der Waals surface area contributed by atoms with Crippen molar-refractivity contribution >= 4 is 99.6 Å². The van der Waals surface area contributed by atoms with Crippen molar-refractivity contribution < 1.29 is 30.8 Å². The Balaban J connectivity index is 1.63. The molecular weight excluding hydrogens is 654 g/mol. The standard InChI is InChI=1S/C20H19BrClN3O6S5/c1-35(27,28)23-16(26)10-24-17(32-14-8-15(21)34-20(14)24)9-18-25(6-2-3-19(25)36(29,30)31)12-7-11(22)4-5-13(12)33-18/h4-5,7-9,14,19-20H,2-3,6,10H2,1H3/p+1. The first kappa shape index (κ1) is 27.1. The number of thioether (sulfide) groups is 3. The van der Waals surface area contributed by atoms with E-state index in [4.69, 9.17) is 11.6 Å². The van der Waals surface area contributed by atoms with Crippen LogP contribution in [0, 0.1) is 0 Å². The van der Waals surface area contributed by atoms with E-state index in [2.05, 4.69) is 15.9 Å². The van der Waals surface area contributed by atoms with E-state index >= 15 is 0 Å². The number of halogens is 2. The first-order valence-corrected chi connectivity index (χ1v) is 17.8. The van der Waals surface area contributed by atoms with Crippen LogP contribution in [0.1, 0.15) is 12.8 Å². The van der Waals surface area contributed by atoms with Gasteiger partial charge in [-0.2, -0.15) is 0 Å². The molecule has 4 aliphatic heterocycles. The molecule has 1 fully saturated rings. The molecule has 0 saturated carbocycles. The summed E-state index contributed by atoms with van der Waals surface area (Å²) in [5.74, 6) is -0.669. The maximum absolute atomic E-state index is 12.6. The van der Waals surface area contributed by atoms with E-state index in [1.54, 1.807) is 12.1 Å². The number of quaternary nitrogens is 1. The molecule has 5 rings (SSSR count). The van der Waals surface area contributed by atoms with Gasteiger partial charge in [-0.1, -0.05) is 11.6 Å². The molecule has 1 aromatic rings. The first-order valence-electron chi connectivity index (χ1n) is 10.7. The molecule has 0 radical (unpaired) electrons. The molecule has 1 aromatic carbocycles. The number of benzene rings is 1. The lowest BCUT2D eigenvalue weighted by Gasteiger charge is -2.36. The Morgan fingerprint density at radius 2 is 2.08 bits per heavy atom. The van der Waals surface area contributed by atoms with E-state index in [-0.39, 0.29) is 28.1 Å². The highest BCUT2D eigenvalue weighted by Crippen LogP contribution is 2.57. The fraction of sp³-hybridized carbons (Fsp3) is 0.400. The molecule has 0 aromatic heterocycles. The van der Waals surface area contributed by atoms with Gasteiger partial charge in [0.05, 0.1) is 27.6 Å². The summed E-state index contributed by atoms with van der Waals surface area (Å²) in [5, 5.41) is 0.466. The predicted molar refractivity (Wildman–Crippen MR) is 148 cm³/mol. The average Bonchev–Trinajstić information content (AvgIpc) is 3.47. The van der Waals surface area contributed by atoms with Gasteiger partial charge in [-0.3, -0.25) is 4.79 Å². The van der Waals surface area contributed by atoms with E-state index < -0.39 is 31.4 Å². The number of carbonyl (C=O) groups is 1. The lowest BCUT2D eigenvalue weighted by molar-refractivity contribution is -0.521. The Morgan fingerprint density at radius 1 is 1.33 bits per heavy atom. The van der Waals surface area contributed by atoms with Crippen molar-refractivity contribution in [1.82, 2.24) is 9.21 Å². The van der Waals surface area contributed by atoms with Gasteiger partial charge in [0.1, 0.15) is 5.25 Å². The SMILES string of the molecule is CS(=O)(=O)NC(=O)C[N+]1=C(C=C2Sc3ccc(Cl)cc3[N+]23CCCC3S(=O)(=O)[O-])SC2C=C(Br)SC21. The highest BCUT2D eigenvalue weighted by Gasteiger charge is 2.57. The first-order chi connectivity index (χ1) is 16.8. The minimum atomic E-state index is -4.65. The van der Waals surface area contributed by atoms with Crippen LogP contribution in [0.5, 0.6) is 0 Å². The molecule has 4 aliphatic rings. The lowest BCUT2D eigenvalue weighted by Crippen LogP contribution is -2.53. The molecule has 4 atom stereocenters. The minimum Gasteiger partial charge on any atom is -0.743 e. The zero-order valence-corrected chi connectivity index (χ0v) is 25.0. The molecule has 1 saturated heterocycles. The minimum absolute atomic E-state index is 0.00320. The molecule has 194 valence electrons. The number of fused-ring (bicyclic) bond motifs is 3. The number of amides is 1. The average molecular weight is 674 g/mol. The van der Waals surface area contributed by atoms with E-state index in [1.165, 1.54) is 35.3 Å². The van der Waals surface area contributed by atoms with Crippen molar-refractivity contribution in [3.05, 3.63) is 44.2 Å². The summed E-state index contributed by atoms with van der Waals surface area (Å²) in [4.78, 5) is 13.4. The number of nitrogens with one attached hydrogen (secondary N) is 1. The van der Waals surface area contributed by atoms with Gasteiger partial charge in [0.15, 0.2) is 26.2 Å². The highest BCUT2D eigenvalue weighted by atomic mass is 79.9. The summed E-state index contributed by atoms with van der Waals surface area (Å²) in [5.41, 5.74) is 0.683. The second-order valence-corrected chi connectivity index (χ2v) is 17.2. The normalized spacial score (nSPS) is 30.7. The van der Waals surface area contributed by atoms with Crippen molar-refractivity contribution in [3.8, 4) is 0 Å². The predicted octanol–water partition coefficient (Wildman–Crippen LogP) is 3.17. The second-order valence-electron chi connectivity index (χ2n) is 8.70. The highest BCUT2D eigenvalue weighted by molar-refractivity contribution is 9.14. The van der Waals surface area contributed by atoms with Crippen LogP contribution in [-0.2, 0) is 24.9 Å². The zero-order chi connectivity index (χ0) is 26.0. The van der Waals surface area contributed by atoms with Crippen LogP contribution < -0.4 is 9.21 Å². The summed E-state index contributed by atoms with van der Waals surface area (Å²) in [7, 11) is -8.37. The fourth-order valence-corrected chi connectivity index (χ4v) is 12.1. The second kappa shape index (κ2) is 9.59. The third-order valence-electron chi connectivity index (χ3n) is 6.26. The molecule has 4 unspecified atom stereocenters. The van der Waals surface area contributed by atoms with Crippen LogP contribution in [-0.4, -0.2) is 72.3 Å². The van der Waals surface area contributed by atoms with E-state index in [0.717, 1.165) is 15.0 Å². The van der Waals surface area contributed by atoms with E-state index in [0.29, 0.717) is 33.7 Å². The van der Waals surface area contributed by atoms with Crippen LogP contribution in [0.3, 0.4) is 0 Å². The van der Waals surface area contributed by atoms with Gasteiger partial charge in [0, 0.05) is 23.9 Å². The summed E-state index contributed by atoms with van der Waals surface area (Å²) in [6, 6.07) is 5.28. The largest absolute Gasteiger partial charge is 0.743 e. The maximum Gasteiger partial charge on any atom is 0.298 e. The van der Waals surface area contributed by atoms with Crippen LogP contribution in [0.4, 0.5) is 5.69 Å². The van der Waals surface area contributed by atoms with Gasteiger partial charge in [-0.25, -0.2) is 30.6 Å². The number of nitrogens with zero attached hydrogens (tertiary/aromatic N) is 2. The fourth-order valence-electron chi connectivity index (χ4n) is 5.00. The molecule has 9 nitrogen and oxygen atoms in total. The van der Waals surface area contributed by atoms with Gasteiger partial charge >= 0.3 is 0 Å². The number of sulfonamides is 1. The van der Waals surface area contributed by atoms with Crippen molar-refractivity contribution in [2.24, 2.45) is 0 Å². The summed E-state index contributed by atoms with van der Waals surface area (Å²) >= 11 is 14.2. The molecule has 1 N–H and O–H groups in total. The third-order valence-corrected chi connectivity index (χ3v) is 13.0. The maximum atomic E-state index is 12.6. The summed E-state index contributed by atoms with van der Waals surface area (Å²) in [6.45, 7) is 0.228. The van der Waals surface area contributed by atoms with E-state index in [1.807, 2.05) is 27.5 Å². The Morgan fingerprint density at radius 3 is 2.78 bits per heavy atom. The van der Waals surface area contributed by atoms with Crippen LogP contribution in [0.2, 0.25) is 5.02 Å². The quantitative estimate of drug-likeness (QED) is 0.285. The Hall–Kier alpha value is -0.520. The molecule has 0 bridgehead atoms. The molecule has 4 heterocycles. The number of rotatable bonds is 5. The molecular formula is C20H20BrClN3O6S5+. The smallest absolute Gasteiger partial charge is 0.298 e.